The van der Waals surface area contributed by atoms with Crippen molar-refractivity contribution in [2.45, 2.75) is 19.0 Å². The van der Waals surface area contributed by atoms with Crippen molar-refractivity contribution in [1.82, 2.24) is 9.97 Å². The summed E-state index contributed by atoms with van der Waals surface area (Å²) in [5.41, 5.74) is 6.60. The molecular weight excluding hydrogens is 305 g/mol. The summed E-state index contributed by atoms with van der Waals surface area (Å²) in [4.78, 5) is 20.8. The van der Waals surface area contributed by atoms with Gasteiger partial charge in [0.05, 0.1) is 18.2 Å². The van der Waals surface area contributed by atoms with Crippen molar-refractivity contribution >= 4 is 23.4 Å². The molecule has 1 heterocycles. The van der Waals surface area contributed by atoms with Gasteiger partial charge in [0.15, 0.2) is 5.16 Å². The van der Waals surface area contributed by atoms with Gasteiger partial charge in [-0.3, -0.25) is 4.79 Å². The number of thioether (sulfide) groups is 1. The van der Waals surface area contributed by atoms with Gasteiger partial charge in [-0.25, -0.2) is 14.4 Å². The van der Waals surface area contributed by atoms with Crippen molar-refractivity contribution < 1.29 is 13.9 Å². The van der Waals surface area contributed by atoms with Crippen molar-refractivity contribution in [3.05, 3.63) is 40.8 Å². The smallest absolute Gasteiger partial charge is 0.202 e. The summed E-state index contributed by atoms with van der Waals surface area (Å²) in [5.74, 6) is 0.200. The molecule has 2 aromatic rings. The van der Waals surface area contributed by atoms with Gasteiger partial charge in [-0.1, -0.05) is 18.7 Å². The molecule has 0 fully saturated rings. The Labute approximate surface area is 132 Å². The molecule has 0 spiro atoms. The van der Waals surface area contributed by atoms with Crippen LogP contribution in [0.15, 0.2) is 23.5 Å². The Kier molecular flexibility index (Phi) is 4.97. The lowest BCUT2D eigenvalue weighted by atomic mass is 10.0. The van der Waals surface area contributed by atoms with Gasteiger partial charge in [-0.15, -0.1) is 0 Å². The molecule has 1 aromatic heterocycles. The van der Waals surface area contributed by atoms with Crippen LogP contribution in [0, 0.1) is 12.7 Å². The van der Waals surface area contributed by atoms with Crippen LogP contribution < -0.4 is 10.5 Å². The number of aryl methyl sites for hydroxylation is 1. The molecule has 0 aliphatic heterocycles. The topological polar surface area (TPSA) is 78.1 Å². The van der Waals surface area contributed by atoms with Gasteiger partial charge in [0.2, 0.25) is 5.78 Å². The second-order valence-corrected chi connectivity index (χ2v) is 5.75. The average Bonchev–Trinajstić information content (AvgIpc) is 2.46. The predicted molar refractivity (Wildman–Crippen MR) is 84.0 cm³/mol. The third-order valence-corrected chi connectivity index (χ3v) is 3.75. The van der Waals surface area contributed by atoms with Gasteiger partial charge in [0.25, 0.3) is 0 Å². The average molecular weight is 321 g/mol. The second kappa shape index (κ2) is 6.74. The number of halogens is 1. The first-order valence-corrected chi connectivity index (χ1v) is 7.60. The molecule has 0 unspecified atom stereocenters. The summed E-state index contributed by atoms with van der Waals surface area (Å²) in [6.07, 6.45) is 1.36. The Morgan fingerprint density at radius 3 is 2.73 bits per heavy atom. The molecule has 0 atom stereocenters. The molecule has 2 rings (SSSR count). The first kappa shape index (κ1) is 16.2. The highest BCUT2D eigenvalue weighted by molar-refractivity contribution is 7.99. The van der Waals surface area contributed by atoms with E-state index in [1.54, 1.807) is 6.92 Å². The molecule has 0 radical (unpaired) electrons. The number of rotatable bonds is 5. The SMILES string of the molecule is CCSc1ncc(C(=O)c2cc(F)cc(C)c2OC)c(N)n1. The summed E-state index contributed by atoms with van der Waals surface area (Å²) >= 11 is 1.42. The summed E-state index contributed by atoms with van der Waals surface area (Å²) < 4.78 is 18.8. The molecule has 1 aromatic carbocycles. The zero-order valence-corrected chi connectivity index (χ0v) is 13.3. The summed E-state index contributed by atoms with van der Waals surface area (Å²) in [5, 5.41) is 0.499. The number of methoxy groups -OCH3 is 1. The maximum absolute atomic E-state index is 13.6. The summed E-state index contributed by atoms with van der Waals surface area (Å²) in [7, 11) is 1.43. The van der Waals surface area contributed by atoms with Gasteiger partial charge < -0.3 is 10.5 Å². The normalized spacial score (nSPS) is 10.5. The van der Waals surface area contributed by atoms with E-state index >= 15 is 0 Å². The largest absolute Gasteiger partial charge is 0.496 e. The van der Waals surface area contributed by atoms with Crippen molar-refractivity contribution in [1.29, 1.82) is 0 Å². The number of carbonyl (C=O) groups is 1. The van der Waals surface area contributed by atoms with E-state index in [0.717, 1.165) is 11.8 Å². The summed E-state index contributed by atoms with van der Waals surface area (Å²) in [6, 6.07) is 2.43. The van der Waals surface area contributed by atoms with Gasteiger partial charge in [-0.2, -0.15) is 0 Å². The van der Waals surface area contributed by atoms with Crippen LogP contribution in [-0.2, 0) is 0 Å². The van der Waals surface area contributed by atoms with Crippen LogP contribution in [0.2, 0.25) is 0 Å². The number of ketones is 1. The number of aromatic nitrogens is 2. The maximum Gasteiger partial charge on any atom is 0.202 e. The van der Waals surface area contributed by atoms with Crippen LogP contribution in [0.5, 0.6) is 5.75 Å². The van der Waals surface area contributed by atoms with Crippen LogP contribution in [0.3, 0.4) is 0 Å². The van der Waals surface area contributed by atoms with E-state index in [0.29, 0.717) is 16.5 Å². The molecule has 0 aliphatic carbocycles. The minimum absolute atomic E-state index is 0.0694. The van der Waals surface area contributed by atoms with E-state index in [9.17, 15) is 9.18 Å². The number of hydrogen-bond donors (Lipinski definition) is 1. The fourth-order valence-electron chi connectivity index (χ4n) is 2.07. The van der Waals surface area contributed by atoms with Crippen molar-refractivity contribution in [3.63, 3.8) is 0 Å². The fraction of sp³-hybridized carbons (Fsp3) is 0.267. The molecule has 22 heavy (non-hydrogen) atoms. The minimum atomic E-state index is -0.515. The molecule has 0 saturated heterocycles. The molecule has 2 N–H and O–H groups in total. The van der Waals surface area contributed by atoms with Crippen LogP contribution in [-0.4, -0.2) is 28.6 Å². The van der Waals surface area contributed by atoms with E-state index in [2.05, 4.69) is 9.97 Å². The Bertz CT molecular complexity index is 722. The molecule has 116 valence electrons. The van der Waals surface area contributed by atoms with E-state index in [1.807, 2.05) is 6.92 Å². The molecule has 0 aliphatic rings. The van der Waals surface area contributed by atoms with Crippen LogP contribution >= 0.6 is 11.8 Å². The van der Waals surface area contributed by atoms with E-state index < -0.39 is 11.6 Å². The first-order valence-electron chi connectivity index (χ1n) is 6.62. The van der Waals surface area contributed by atoms with Crippen LogP contribution in [0.1, 0.15) is 28.4 Å². The number of carbonyl (C=O) groups excluding carboxylic acids is 1. The lowest BCUT2D eigenvalue weighted by Crippen LogP contribution is -2.11. The highest BCUT2D eigenvalue weighted by Gasteiger charge is 2.21. The van der Waals surface area contributed by atoms with Gasteiger partial charge >= 0.3 is 0 Å². The number of nitrogens with zero attached hydrogens (tertiary/aromatic N) is 2. The van der Waals surface area contributed by atoms with Crippen LogP contribution in [0.25, 0.3) is 0 Å². The Morgan fingerprint density at radius 2 is 2.14 bits per heavy atom. The third kappa shape index (κ3) is 3.19. The van der Waals surface area contributed by atoms with E-state index in [1.165, 1.54) is 31.1 Å². The lowest BCUT2D eigenvalue weighted by Gasteiger charge is -2.12. The molecule has 7 heteroatoms. The molecule has 0 saturated carbocycles. The molecular formula is C15H16FN3O2S. The minimum Gasteiger partial charge on any atom is -0.496 e. The quantitative estimate of drug-likeness (QED) is 0.518. The fourth-order valence-corrected chi connectivity index (χ4v) is 2.61. The third-order valence-electron chi connectivity index (χ3n) is 3.00. The van der Waals surface area contributed by atoms with Crippen molar-refractivity contribution in [2.24, 2.45) is 0 Å². The van der Waals surface area contributed by atoms with Gasteiger partial charge in [-0.05, 0) is 30.4 Å². The number of anilines is 1. The zero-order chi connectivity index (χ0) is 16.3. The second-order valence-electron chi connectivity index (χ2n) is 4.52. The standard InChI is InChI=1S/C15H16FN3O2S/c1-4-22-15-18-7-11(14(17)19-15)12(20)10-6-9(16)5-8(2)13(10)21-3/h5-7H,4H2,1-3H3,(H2,17,18,19). The Morgan fingerprint density at radius 1 is 1.41 bits per heavy atom. The number of ether oxygens (including phenoxy) is 1. The van der Waals surface area contributed by atoms with Crippen molar-refractivity contribution in [3.8, 4) is 5.75 Å². The molecule has 0 amide bonds. The Hall–Kier alpha value is -2.15. The monoisotopic (exact) mass is 321 g/mol. The zero-order valence-electron chi connectivity index (χ0n) is 12.5. The number of hydrogen-bond acceptors (Lipinski definition) is 6. The number of benzene rings is 1. The maximum atomic E-state index is 13.6. The highest BCUT2D eigenvalue weighted by atomic mass is 32.2. The molecule has 5 nitrogen and oxygen atoms in total. The predicted octanol–water partition coefficient (Wildman–Crippen LogP) is 2.86. The van der Waals surface area contributed by atoms with E-state index in [4.69, 9.17) is 10.5 Å². The highest BCUT2D eigenvalue weighted by Crippen LogP contribution is 2.28. The molecule has 0 bridgehead atoms. The first-order chi connectivity index (χ1) is 10.5. The number of nitrogen functional groups attached to an aromatic ring is 1. The van der Waals surface area contributed by atoms with E-state index in [-0.39, 0.29) is 16.9 Å². The lowest BCUT2D eigenvalue weighted by molar-refractivity contribution is 0.103. The summed E-state index contributed by atoms with van der Waals surface area (Å²) in [6.45, 7) is 3.63. The van der Waals surface area contributed by atoms with Crippen LogP contribution in [0.4, 0.5) is 10.2 Å². The van der Waals surface area contributed by atoms with Gasteiger partial charge in [0, 0.05) is 6.20 Å². The Balaban J connectivity index is 2.49. The van der Waals surface area contributed by atoms with Crippen molar-refractivity contribution in [2.75, 3.05) is 18.6 Å². The van der Waals surface area contributed by atoms with Gasteiger partial charge in [0.1, 0.15) is 17.4 Å². The number of nitrogens with two attached hydrogens (primary N) is 1.